The molecule has 0 spiro atoms. The molecule has 11 heteroatoms. The number of furan rings is 1. The maximum Gasteiger partial charge on any atom is 0.419 e. The van der Waals surface area contributed by atoms with Gasteiger partial charge in [-0.1, -0.05) is 0 Å². The molecular formula is C25H22F2N4O5. The lowest BCUT2D eigenvalue weighted by Crippen LogP contribution is -2.28. The Kier molecular flexibility index (Phi) is 7.09. The number of ether oxygens (including phenoxy) is 2. The van der Waals surface area contributed by atoms with E-state index in [9.17, 15) is 18.4 Å². The van der Waals surface area contributed by atoms with E-state index in [-0.39, 0.29) is 36.1 Å². The first kappa shape index (κ1) is 24.6. The van der Waals surface area contributed by atoms with Crippen molar-refractivity contribution in [1.29, 1.82) is 0 Å². The van der Waals surface area contributed by atoms with Crippen molar-refractivity contribution >= 4 is 40.4 Å². The first-order valence-electron chi connectivity index (χ1n) is 11.0. The smallest absolute Gasteiger partial charge is 0.419 e. The molecule has 0 atom stereocenters. The third kappa shape index (κ3) is 4.81. The zero-order valence-corrected chi connectivity index (χ0v) is 19.7. The van der Waals surface area contributed by atoms with Crippen LogP contribution in [0.3, 0.4) is 0 Å². The third-order valence-corrected chi connectivity index (χ3v) is 5.08. The zero-order chi connectivity index (χ0) is 25.8. The molecule has 0 aliphatic heterocycles. The largest absolute Gasteiger partial charge is 0.450 e. The van der Waals surface area contributed by atoms with E-state index in [2.05, 4.69) is 15.3 Å². The molecule has 0 saturated carbocycles. The Morgan fingerprint density at radius 1 is 1.00 bits per heavy atom. The van der Waals surface area contributed by atoms with Crippen LogP contribution < -0.4 is 10.2 Å². The number of benzene rings is 1. The number of carbonyl (C=O) groups excluding carboxylic acids is 2. The van der Waals surface area contributed by atoms with Crippen LogP contribution in [0.1, 0.15) is 19.5 Å². The summed E-state index contributed by atoms with van der Waals surface area (Å²) in [4.78, 5) is 35.0. The topological polar surface area (TPSA) is 107 Å². The van der Waals surface area contributed by atoms with Gasteiger partial charge in [0, 0.05) is 29.7 Å². The Bertz CT molecular complexity index is 1440. The predicted molar refractivity (Wildman–Crippen MR) is 128 cm³/mol. The molecule has 1 N–H and O–H groups in total. The molecule has 3 heterocycles. The highest BCUT2D eigenvalue weighted by molar-refractivity contribution is 6.13. The maximum absolute atomic E-state index is 14.2. The lowest BCUT2D eigenvalue weighted by Gasteiger charge is -2.22. The number of carbonyl (C=O) groups is 2. The number of pyridine rings is 2. The molecule has 4 aromatic rings. The van der Waals surface area contributed by atoms with Crippen molar-refractivity contribution in [3.63, 3.8) is 0 Å². The standard InChI is InChI=1S/C25H22F2N4O5/c1-4-34-24(32)30-23-21(31(25(33)35-5-2)16-6-7-18(26)19(27)13-16)17-9-11-29-20(22(17)36-23)15-8-10-28-14(3)12-15/h6-13H,4-5H2,1-3H3,(H,30,32). The molecule has 36 heavy (non-hydrogen) atoms. The van der Waals surface area contributed by atoms with Crippen LogP contribution in [0.25, 0.3) is 22.2 Å². The van der Waals surface area contributed by atoms with Crippen molar-refractivity contribution in [2.24, 2.45) is 0 Å². The lowest BCUT2D eigenvalue weighted by molar-refractivity contribution is 0.162. The van der Waals surface area contributed by atoms with E-state index in [1.54, 1.807) is 38.2 Å². The first-order valence-corrected chi connectivity index (χ1v) is 11.0. The molecule has 0 radical (unpaired) electrons. The summed E-state index contributed by atoms with van der Waals surface area (Å²) in [6.07, 6.45) is 1.35. The average molecular weight is 496 g/mol. The second-order valence-electron chi connectivity index (χ2n) is 7.48. The van der Waals surface area contributed by atoms with Crippen molar-refractivity contribution in [3.05, 3.63) is 66.1 Å². The summed E-state index contributed by atoms with van der Waals surface area (Å²) < 4.78 is 44.1. The van der Waals surface area contributed by atoms with Gasteiger partial charge in [0.05, 0.1) is 24.3 Å². The van der Waals surface area contributed by atoms with Gasteiger partial charge in [-0.15, -0.1) is 0 Å². The number of anilines is 3. The fourth-order valence-corrected chi connectivity index (χ4v) is 3.61. The van der Waals surface area contributed by atoms with Gasteiger partial charge in [-0.05, 0) is 51.1 Å². The molecule has 3 aromatic heterocycles. The molecule has 1 aromatic carbocycles. The summed E-state index contributed by atoms with van der Waals surface area (Å²) in [5, 5.41) is 2.83. The van der Waals surface area contributed by atoms with Gasteiger partial charge in [-0.25, -0.2) is 23.3 Å². The second kappa shape index (κ2) is 10.4. The molecule has 0 saturated heterocycles. The molecule has 0 aliphatic carbocycles. The number of halogens is 2. The number of nitrogens with one attached hydrogen (secondary N) is 1. The number of fused-ring (bicyclic) bond motifs is 1. The van der Waals surface area contributed by atoms with Gasteiger partial charge in [0.25, 0.3) is 0 Å². The highest BCUT2D eigenvalue weighted by Crippen LogP contribution is 2.44. The first-order chi connectivity index (χ1) is 17.3. The normalized spacial score (nSPS) is 10.8. The minimum atomic E-state index is -1.18. The minimum absolute atomic E-state index is 0.00146. The second-order valence-corrected chi connectivity index (χ2v) is 7.48. The van der Waals surface area contributed by atoms with Crippen molar-refractivity contribution in [2.75, 3.05) is 23.4 Å². The SMILES string of the molecule is CCOC(=O)Nc1oc2c(-c3ccnc(C)c3)nccc2c1N(C(=O)OCC)c1ccc(F)c(F)c1. The Morgan fingerprint density at radius 3 is 2.44 bits per heavy atom. The molecule has 0 bridgehead atoms. The van der Waals surface area contributed by atoms with Crippen LogP contribution in [0.2, 0.25) is 0 Å². The van der Waals surface area contributed by atoms with Crippen LogP contribution in [0, 0.1) is 18.6 Å². The molecule has 2 amide bonds. The monoisotopic (exact) mass is 496 g/mol. The van der Waals surface area contributed by atoms with Crippen molar-refractivity contribution < 1.29 is 32.3 Å². The van der Waals surface area contributed by atoms with Gasteiger partial charge in [0.15, 0.2) is 17.2 Å². The van der Waals surface area contributed by atoms with E-state index in [4.69, 9.17) is 13.9 Å². The van der Waals surface area contributed by atoms with E-state index >= 15 is 0 Å². The van der Waals surface area contributed by atoms with E-state index in [0.717, 1.165) is 22.7 Å². The predicted octanol–water partition coefficient (Wildman–Crippen LogP) is 6.34. The van der Waals surface area contributed by atoms with Crippen LogP contribution in [-0.4, -0.2) is 35.4 Å². The van der Waals surface area contributed by atoms with E-state index < -0.39 is 23.8 Å². The Morgan fingerprint density at radius 2 is 1.75 bits per heavy atom. The van der Waals surface area contributed by atoms with Crippen molar-refractivity contribution in [1.82, 2.24) is 9.97 Å². The van der Waals surface area contributed by atoms with E-state index in [0.29, 0.717) is 16.6 Å². The highest BCUT2D eigenvalue weighted by atomic mass is 19.2. The number of rotatable bonds is 6. The third-order valence-electron chi connectivity index (χ3n) is 5.08. The number of aryl methyl sites for hydroxylation is 1. The number of nitrogens with zero attached hydrogens (tertiary/aromatic N) is 3. The van der Waals surface area contributed by atoms with Gasteiger partial charge < -0.3 is 13.9 Å². The fourth-order valence-electron chi connectivity index (χ4n) is 3.61. The lowest BCUT2D eigenvalue weighted by atomic mass is 10.1. The summed E-state index contributed by atoms with van der Waals surface area (Å²) in [5.41, 5.74) is 2.01. The Balaban J connectivity index is 2.00. The van der Waals surface area contributed by atoms with Gasteiger partial charge in [0.2, 0.25) is 5.88 Å². The quantitative estimate of drug-likeness (QED) is 0.332. The zero-order valence-electron chi connectivity index (χ0n) is 19.7. The van der Waals surface area contributed by atoms with E-state index in [1.165, 1.54) is 12.3 Å². The summed E-state index contributed by atoms with van der Waals surface area (Å²) in [6.45, 7) is 5.11. The maximum atomic E-state index is 14.2. The molecule has 9 nitrogen and oxygen atoms in total. The highest BCUT2D eigenvalue weighted by Gasteiger charge is 2.31. The van der Waals surface area contributed by atoms with Crippen LogP contribution in [0.15, 0.2) is 53.2 Å². The van der Waals surface area contributed by atoms with Gasteiger partial charge in [0.1, 0.15) is 11.4 Å². The molecule has 0 fully saturated rings. The van der Waals surface area contributed by atoms with Crippen LogP contribution in [0.4, 0.5) is 35.6 Å². The number of amides is 2. The average Bonchev–Trinajstić information content (AvgIpc) is 3.19. The van der Waals surface area contributed by atoms with Gasteiger partial charge in [-0.2, -0.15) is 0 Å². The summed E-state index contributed by atoms with van der Waals surface area (Å²) in [5.74, 6) is -2.45. The molecule has 0 aliphatic rings. The number of hydrogen-bond acceptors (Lipinski definition) is 7. The van der Waals surface area contributed by atoms with Crippen LogP contribution in [0.5, 0.6) is 0 Å². The Hall–Kier alpha value is -4.54. The minimum Gasteiger partial charge on any atom is -0.450 e. The number of aromatic nitrogens is 2. The molecule has 4 rings (SSSR count). The van der Waals surface area contributed by atoms with Gasteiger partial charge in [-0.3, -0.25) is 15.3 Å². The van der Waals surface area contributed by atoms with E-state index in [1.807, 2.05) is 6.92 Å². The summed E-state index contributed by atoms with van der Waals surface area (Å²) in [7, 11) is 0. The van der Waals surface area contributed by atoms with Crippen molar-refractivity contribution in [3.8, 4) is 11.3 Å². The van der Waals surface area contributed by atoms with Crippen molar-refractivity contribution in [2.45, 2.75) is 20.8 Å². The van der Waals surface area contributed by atoms with Gasteiger partial charge >= 0.3 is 12.2 Å². The van der Waals surface area contributed by atoms with Crippen LogP contribution >= 0.6 is 0 Å². The summed E-state index contributed by atoms with van der Waals surface area (Å²) in [6, 6.07) is 8.01. The molecule has 0 unspecified atom stereocenters. The molecular weight excluding hydrogens is 474 g/mol. The van der Waals surface area contributed by atoms with Crippen LogP contribution in [-0.2, 0) is 9.47 Å². The molecule has 186 valence electrons. The fraction of sp³-hybridized carbons (Fsp3) is 0.200. The Labute approximate surface area is 204 Å². The summed E-state index contributed by atoms with van der Waals surface area (Å²) >= 11 is 0. The number of hydrogen-bond donors (Lipinski definition) is 1.